The highest BCUT2D eigenvalue weighted by atomic mass is 16.6. The van der Waals surface area contributed by atoms with Gasteiger partial charge in [0, 0.05) is 19.0 Å². The fourth-order valence-electron chi connectivity index (χ4n) is 2.81. The van der Waals surface area contributed by atoms with Crippen molar-refractivity contribution in [2.75, 3.05) is 13.1 Å². The molecule has 4 nitrogen and oxygen atoms in total. The number of nitrogens with zero attached hydrogens (tertiary/aromatic N) is 1. The Bertz CT molecular complexity index is 328. The van der Waals surface area contributed by atoms with E-state index < -0.39 is 5.60 Å². The van der Waals surface area contributed by atoms with Crippen LogP contribution in [0.5, 0.6) is 0 Å². The van der Waals surface area contributed by atoms with Crippen molar-refractivity contribution < 1.29 is 14.3 Å². The maximum Gasteiger partial charge on any atom is 0.410 e. The van der Waals surface area contributed by atoms with Crippen LogP contribution in [0.4, 0.5) is 4.79 Å². The summed E-state index contributed by atoms with van der Waals surface area (Å²) in [5.74, 6) is 0.00349. The lowest BCUT2D eigenvalue weighted by molar-refractivity contribution is -0.115. The molecule has 0 aromatic carbocycles. The highest BCUT2D eigenvalue weighted by Crippen LogP contribution is 2.51. The van der Waals surface area contributed by atoms with Crippen LogP contribution in [0.25, 0.3) is 0 Å². The van der Waals surface area contributed by atoms with Crippen LogP contribution in [0, 0.1) is 11.3 Å². The summed E-state index contributed by atoms with van der Waals surface area (Å²) in [5, 5.41) is 0. The molecule has 4 heteroatoms. The van der Waals surface area contributed by atoms with Gasteiger partial charge in [0.15, 0.2) is 0 Å². The van der Waals surface area contributed by atoms with Crippen LogP contribution < -0.4 is 0 Å². The van der Waals surface area contributed by atoms with Gasteiger partial charge in [-0.2, -0.15) is 0 Å². The van der Waals surface area contributed by atoms with E-state index >= 15 is 0 Å². The normalized spacial score (nSPS) is 26.8. The molecule has 0 aromatic heterocycles. The molecule has 2 rings (SSSR count). The van der Waals surface area contributed by atoms with Gasteiger partial charge in [0.2, 0.25) is 0 Å². The van der Waals surface area contributed by atoms with Gasteiger partial charge in [-0.25, -0.2) is 4.79 Å². The summed E-state index contributed by atoms with van der Waals surface area (Å²) in [4.78, 5) is 24.7. The zero-order valence-electron chi connectivity index (χ0n) is 10.9. The third kappa shape index (κ3) is 2.31. The Kier molecular flexibility index (Phi) is 2.92. The highest BCUT2D eigenvalue weighted by molar-refractivity contribution is 5.70. The van der Waals surface area contributed by atoms with E-state index in [9.17, 15) is 9.59 Å². The van der Waals surface area contributed by atoms with Crippen molar-refractivity contribution in [1.29, 1.82) is 0 Å². The molecule has 0 N–H and O–H groups in total. The molecule has 0 aromatic rings. The van der Waals surface area contributed by atoms with Crippen molar-refractivity contribution in [3.63, 3.8) is 0 Å². The quantitative estimate of drug-likeness (QED) is 0.659. The third-order valence-electron chi connectivity index (χ3n) is 3.87. The van der Waals surface area contributed by atoms with Crippen molar-refractivity contribution in [1.82, 2.24) is 4.90 Å². The van der Waals surface area contributed by atoms with Gasteiger partial charge in [0.25, 0.3) is 0 Å². The molecule has 0 bridgehead atoms. The molecule has 1 atom stereocenters. The van der Waals surface area contributed by atoms with Crippen LogP contribution in [0.15, 0.2) is 0 Å². The molecule has 1 spiro atoms. The first-order valence-electron chi connectivity index (χ1n) is 6.30. The molecule has 17 heavy (non-hydrogen) atoms. The Morgan fingerprint density at radius 3 is 2.41 bits per heavy atom. The number of aldehydes is 1. The van der Waals surface area contributed by atoms with Crippen LogP contribution in [0.3, 0.4) is 0 Å². The van der Waals surface area contributed by atoms with E-state index in [4.69, 9.17) is 4.74 Å². The molecule has 1 saturated heterocycles. The van der Waals surface area contributed by atoms with Gasteiger partial charge in [-0.15, -0.1) is 0 Å². The second kappa shape index (κ2) is 4.00. The Morgan fingerprint density at radius 2 is 2.06 bits per heavy atom. The minimum atomic E-state index is -0.469. The first kappa shape index (κ1) is 12.4. The molecule has 1 saturated carbocycles. The van der Waals surface area contributed by atoms with E-state index in [2.05, 4.69) is 0 Å². The Balaban J connectivity index is 2.01. The first-order valence-corrected chi connectivity index (χ1v) is 6.30. The Labute approximate surface area is 102 Å². The number of likely N-dealkylation sites (tertiary alicyclic amines) is 1. The van der Waals surface area contributed by atoms with Crippen LogP contribution in [0.1, 0.15) is 40.0 Å². The molecule has 1 aliphatic heterocycles. The number of ether oxygens (including phenoxy) is 1. The van der Waals surface area contributed by atoms with Gasteiger partial charge in [-0.3, -0.25) is 0 Å². The van der Waals surface area contributed by atoms with Crippen LogP contribution >= 0.6 is 0 Å². The maximum absolute atomic E-state index is 11.9. The smallest absolute Gasteiger partial charge is 0.410 e. The second-order valence-electron chi connectivity index (χ2n) is 6.32. The summed E-state index contributed by atoms with van der Waals surface area (Å²) in [5.41, 5.74) is -0.401. The number of hydrogen-bond donors (Lipinski definition) is 0. The monoisotopic (exact) mass is 239 g/mol. The van der Waals surface area contributed by atoms with Crippen LogP contribution in [0.2, 0.25) is 0 Å². The fourth-order valence-corrected chi connectivity index (χ4v) is 2.81. The lowest BCUT2D eigenvalue weighted by Gasteiger charge is -2.40. The minimum absolute atomic E-state index is 0.00349. The van der Waals surface area contributed by atoms with E-state index in [0.717, 1.165) is 19.1 Å². The van der Waals surface area contributed by atoms with E-state index in [1.54, 1.807) is 4.90 Å². The van der Waals surface area contributed by atoms with E-state index in [1.165, 1.54) is 6.42 Å². The number of amides is 1. The number of rotatable bonds is 1. The van der Waals surface area contributed by atoms with Crippen LogP contribution in [-0.4, -0.2) is 36.0 Å². The fraction of sp³-hybridized carbons (Fsp3) is 0.846. The van der Waals surface area contributed by atoms with Crippen molar-refractivity contribution in [2.24, 2.45) is 11.3 Å². The Morgan fingerprint density at radius 1 is 1.41 bits per heavy atom. The Hall–Kier alpha value is -1.06. The molecule has 1 aliphatic carbocycles. The van der Waals surface area contributed by atoms with Crippen molar-refractivity contribution in [3.8, 4) is 0 Å². The molecule has 1 amide bonds. The molecular weight excluding hydrogens is 218 g/mol. The van der Waals surface area contributed by atoms with Gasteiger partial charge in [-0.1, -0.05) is 6.42 Å². The van der Waals surface area contributed by atoms with Gasteiger partial charge in [0.05, 0.1) is 0 Å². The molecular formula is C13H21NO3. The topological polar surface area (TPSA) is 46.6 Å². The third-order valence-corrected chi connectivity index (χ3v) is 3.87. The van der Waals surface area contributed by atoms with Gasteiger partial charge < -0.3 is 14.4 Å². The molecule has 2 aliphatic rings. The summed E-state index contributed by atoms with van der Waals surface area (Å²) >= 11 is 0. The predicted molar refractivity (Wildman–Crippen MR) is 63.6 cm³/mol. The standard InChI is InChI=1S/C13H21NO3/c1-12(2,3)17-11(16)14-7-10(8-15)13(9-14)5-4-6-13/h8,10H,4-7,9H2,1-3H3. The van der Waals surface area contributed by atoms with Crippen molar-refractivity contribution in [3.05, 3.63) is 0 Å². The average molecular weight is 239 g/mol. The summed E-state index contributed by atoms with van der Waals surface area (Å²) in [6.07, 6.45) is 4.04. The summed E-state index contributed by atoms with van der Waals surface area (Å²) < 4.78 is 5.35. The summed E-state index contributed by atoms with van der Waals surface area (Å²) in [6, 6.07) is 0. The van der Waals surface area contributed by atoms with Crippen LogP contribution in [-0.2, 0) is 9.53 Å². The zero-order valence-corrected chi connectivity index (χ0v) is 10.9. The van der Waals surface area contributed by atoms with E-state index in [1.807, 2.05) is 20.8 Å². The average Bonchev–Trinajstić information content (AvgIpc) is 2.53. The van der Waals surface area contributed by atoms with Gasteiger partial charge in [0.1, 0.15) is 11.9 Å². The largest absolute Gasteiger partial charge is 0.444 e. The number of hydrogen-bond acceptors (Lipinski definition) is 3. The lowest BCUT2D eigenvalue weighted by atomic mass is 9.63. The minimum Gasteiger partial charge on any atom is -0.444 e. The SMILES string of the molecule is CC(C)(C)OC(=O)N1CC(C=O)C2(CCC2)C1. The molecule has 1 heterocycles. The first-order chi connectivity index (χ1) is 7.86. The summed E-state index contributed by atoms with van der Waals surface area (Å²) in [6.45, 7) is 6.79. The van der Waals surface area contributed by atoms with Gasteiger partial charge >= 0.3 is 6.09 Å². The molecule has 1 unspecified atom stereocenters. The maximum atomic E-state index is 11.9. The molecule has 96 valence electrons. The second-order valence-corrected chi connectivity index (χ2v) is 6.32. The van der Waals surface area contributed by atoms with E-state index in [0.29, 0.717) is 13.1 Å². The van der Waals surface area contributed by atoms with E-state index in [-0.39, 0.29) is 17.4 Å². The predicted octanol–water partition coefficient (Wildman–Crippen LogP) is 2.22. The molecule has 0 radical (unpaired) electrons. The zero-order chi connectivity index (χ0) is 12.7. The summed E-state index contributed by atoms with van der Waals surface area (Å²) in [7, 11) is 0. The van der Waals surface area contributed by atoms with Crippen molar-refractivity contribution >= 4 is 12.4 Å². The van der Waals surface area contributed by atoms with Crippen molar-refractivity contribution in [2.45, 2.75) is 45.6 Å². The van der Waals surface area contributed by atoms with Gasteiger partial charge in [-0.05, 0) is 39.0 Å². The highest BCUT2D eigenvalue weighted by Gasteiger charge is 2.51. The molecule has 2 fully saturated rings. The number of carbonyl (C=O) groups excluding carboxylic acids is 2. The lowest BCUT2D eigenvalue weighted by Crippen LogP contribution is -2.40. The number of carbonyl (C=O) groups is 2.